The summed E-state index contributed by atoms with van der Waals surface area (Å²) in [5.74, 6) is 0.0339. The molecule has 2 heterocycles. The summed E-state index contributed by atoms with van der Waals surface area (Å²) in [7, 11) is 0. The number of hydrogen-bond acceptors (Lipinski definition) is 8. The lowest BCUT2D eigenvalue weighted by atomic mass is 10.1. The minimum absolute atomic E-state index is 0.298. The number of aryl methyl sites for hydroxylation is 1. The Bertz CT molecular complexity index is 1030. The van der Waals surface area contributed by atoms with Crippen LogP contribution in [0.2, 0.25) is 0 Å². The van der Waals surface area contributed by atoms with Gasteiger partial charge in [-0.3, -0.25) is 14.9 Å². The molecule has 0 atom stereocenters. The summed E-state index contributed by atoms with van der Waals surface area (Å²) in [5.41, 5.74) is 1.59. The van der Waals surface area contributed by atoms with Crippen molar-refractivity contribution in [1.82, 2.24) is 10.2 Å². The van der Waals surface area contributed by atoms with Crippen molar-refractivity contribution in [2.75, 3.05) is 5.32 Å². The molecule has 7 nitrogen and oxygen atoms in total. The fourth-order valence-corrected chi connectivity index (χ4v) is 3.61. The smallest absolute Gasteiger partial charge is 0.250 e. The van der Waals surface area contributed by atoms with Gasteiger partial charge in [-0.1, -0.05) is 52.9 Å². The van der Waals surface area contributed by atoms with Gasteiger partial charge < -0.3 is 9.52 Å². The number of benzene rings is 1. The fourth-order valence-electron chi connectivity index (χ4n) is 1.97. The number of anilines is 1. The van der Waals surface area contributed by atoms with E-state index in [1.165, 1.54) is 35.2 Å². The second-order valence-corrected chi connectivity index (χ2v) is 7.69. The summed E-state index contributed by atoms with van der Waals surface area (Å²) >= 11 is 2.53. The van der Waals surface area contributed by atoms with Gasteiger partial charge in [0.15, 0.2) is 10.1 Å². The summed E-state index contributed by atoms with van der Waals surface area (Å²) in [5, 5.41) is 20.1. The third-order valence-electron chi connectivity index (χ3n) is 3.35. The molecule has 138 valence electrons. The summed E-state index contributed by atoms with van der Waals surface area (Å²) < 4.78 is 5.73. The van der Waals surface area contributed by atoms with Crippen LogP contribution in [0.3, 0.4) is 0 Å². The average molecular weight is 401 g/mol. The van der Waals surface area contributed by atoms with E-state index in [2.05, 4.69) is 15.5 Å². The number of nitrogens with one attached hydrogen (secondary N) is 1. The SMILES string of the molecule is Cc1ccc(/C=C/C(=O)Nc2nnc(SCc3cc(=O)c(O)co3)s2)cc1. The van der Waals surface area contributed by atoms with E-state index in [4.69, 9.17) is 9.52 Å². The minimum Gasteiger partial charge on any atom is -0.502 e. The van der Waals surface area contributed by atoms with Crippen LogP contribution in [0, 0.1) is 6.92 Å². The van der Waals surface area contributed by atoms with Gasteiger partial charge >= 0.3 is 0 Å². The van der Waals surface area contributed by atoms with Crippen LogP contribution >= 0.6 is 23.1 Å². The molecule has 2 aromatic heterocycles. The van der Waals surface area contributed by atoms with Gasteiger partial charge in [-0.05, 0) is 18.6 Å². The first-order chi connectivity index (χ1) is 13.0. The Hall–Kier alpha value is -2.91. The molecular weight excluding hydrogens is 386 g/mol. The van der Waals surface area contributed by atoms with Crippen LogP contribution in [-0.2, 0) is 10.5 Å². The molecule has 0 aliphatic carbocycles. The van der Waals surface area contributed by atoms with Crippen molar-refractivity contribution in [3.8, 4) is 5.75 Å². The highest BCUT2D eigenvalue weighted by Crippen LogP contribution is 2.28. The maximum absolute atomic E-state index is 12.0. The zero-order valence-electron chi connectivity index (χ0n) is 14.2. The van der Waals surface area contributed by atoms with Gasteiger partial charge in [0.05, 0.1) is 5.75 Å². The number of aromatic hydroxyl groups is 1. The molecule has 0 fully saturated rings. The third-order valence-corrected chi connectivity index (χ3v) is 5.34. The molecule has 3 aromatic rings. The van der Waals surface area contributed by atoms with Crippen molar-refractivity contribution < 1.29 is 14.3 Å². The molecule has 9 heteroatoms. The topological polar surface area (TPSA) is 105 Å². The number of carbonyl (C=O) groups excluding carboxylic acids is 1. The number of carbonyl (C=O) groups is 1. The Kier molecular flexibility index (Phi) is 6.05. The fraction of sp³-hybridized carbons (Fsp3) is 0.111. The van der Waals surface area contributed by atoms with Crippen molar-refractivity contribution in [3.63, 3.8) is 0 Å². The lowest BCUT2D eigenvalue weighted by Crippen LogP contribution is -2.07. The Morgan fingerprint density at radius 3 is 2.85 bits per heavy atom. The molecule has 3 rings (SSSR count). The van der Waals surface area contributed by atoms with E-state index in [0.29, 0.717) is 21.0 Å². The molecular formula is C18H15N3O4S2. The molecule has 0 aliphatic rings. The van der Waals surface area contributed by atoms with Crippen molar-refractivity contribution in [2.24, 2.45) is 0 Å². The van der Waals surface area contributed by atoms with Gasteiger partial charge in [-0.25, -0.2) is 0 Å². The molecule has 1 amide bonds. The van der Waals surface area contributed by atoms with Crippen LogP contribution < -0.4 is 10.7 Å². The Morgan fingerprint density at radius 1 is 1.33 bits per heavy atom. The summed E-state index contributed by atoms with van der Waals surface area (Å²) in [6.07, 6.45) is 4.16. The maximum Gasteiger partial charge on any atom is 0.250 e. The highest BCUT2D eigenvalue weighted by atomic mass is 32.2. The molecule has 0 spiro atoms. The zero-order valence-corrected chi connectivity index (χ0v) is 15.8. The highest BCUT2D eigenvalue weighted by Gasteiger charge is 2.09. The standard InChI is InChI=1S/C18H15N3O4S2/c1-11-2-4-12(5-3-11)6-7-16(24)19-17-20-21-18(27-17)26-10-13-8-14(22)15(23)9-25-13/h2-9,23H,10H2,1H3,(H,19,20,24)/b7-6+. The Labute approximate surface area is 162 Å². The number of rotatable bonds is 6. The highest BCUT2D eigenvalue weighted by molar-refractivity contribution is 8.00. The van der Waals surface area contributed by atoms with Crippen LogP contribution in [0.5, 0.6) is 5.75 Å². The number of aromatic nitrogens is 2. The van der Waals surface area contributed by atoms with Crippen LogP contribution in [0.15, 0.2) is 56.2 Å². The van der Waals surface area contributed by atoms with E-state index < -0.39 is 11.2 Å². The van der Waals surface area contributed by atoms with Gasteiger partial charge in [-0.2, -0.15) is 0 Å². The van der Waals surface area contributed by atoms with E-state index in [9.17, 15) is 9.59 Å². The third kappa shape index (κ3) is 5.53. The van der Waals surface area contributed by atoms with Crippen molar-refractivity contribution >= 4 is 40.2 Å². The van der Waals surface area contributed by atoms with Gasteiger partial charge in [0.1, 0.15) is 12.0 Å². The van der Waals surface area contributed by atoms with Crippen molar-refractivity contribution in [1.29, 1.82) is 0 Å². The van der Waals surface area contributed by atoms with Gasteiger partial charge in [0.2, 0.25) is 16.5 Å². The van der Waals surface area contributed by atoms with Crippen molar-refractivity contribution in [3.05, 3.63) is 69.8 Å². The molecule has 2 N–H and O–H groups in total. The van der Waals surface area contributed by atoms with E-state index in [1.54, 1.807) is 6.08 Å². The molecule has 0 unspecified atom stereocenters. The molecule has 0 radical (unpaired) electrons. The number of amides is 1. The first kappa shape index (κ1) is 18.9. The molecule has 0 saturated heterocycles. The quantitative estimate of drug-likeness (QED) is 0.370. The second-order valence-electron chi connectivity index (χ2n) is 5.49. The molecule has 0 saturated carbocycles. The number of nitrogens with zero attached hydrogens (tertiary/aromatic N) is 2. The van der Waals surface area contributed by atoms with Gasteiger partial charge in [0, 0.05) is 12.1 Å². The van der Waals surface area contributed by atoms with E-state index in [1.807, 2.05) is 31.2 Å². The molecule has 0 aliphatic heterocycles. The maximum atomic E-state index is 12.0. The summed E-state index contributed by atoms with van der Waals surface area (Å²) in [6.45, 7) is 2.00. The first-order valence-corrected chi connectivity index (χ1v) is 9.62. The Balaban J connectivity index is 1.53. The zero-order chi connectivity index (χ0) is 19.2. The van der Waals surface area contributed by atoms with Crippen LogP contribution in [0.1, 0.15) is 16.9 Å². The first-order valence-electron chi connectivity index (χ1n) is 7.82. The predicted molar refractivity (Wildman–Crippen MR) is 105 cm³/mol. The van der Waals surface area contributed by atoms with E-state index >= 15 is 0 Å². The summed E-state index contributed by atoms with van der Waals surface area (Å²) in [6, 6.07) is 9.03. The normalized spacial score (nSPS) is 11.0. The van der Waals surface area contributed by atoms with Crippen LogP contribution in [0.4, 0.5) is 5.13 Å². The second kappa shape index (κ2) is 8.65. The molecule has 0 bridgehead atoms. The number of hydrogen-bond donors (Lipinski definition) is 2. The lowest BCUT2D eigenvalue weighted by Gasteiger charge is -1.97. The van der Waals surface area contributed by atoms with Gasteiger partial charge in [-0.15, -0.1) is 10.2 Å². The van der Waals surface area contributed by atoms with Crippen LogP contribution in [-0.4, -0.2) is 21.2 Å². The van der Waals surface area contributed by atoms with Gasteiger partial charge in [0.25, 0.3) is 0 Å². The number of thioether (sulfide) groups is 1. The average Bonchev–Trinajstić information content (AvgIpc) is 3.09. The summed E-state index contributed by atoms with van der Waals surface area (Å²) in [4.78, 5) is 23.3. The molecule has 27 heavy (non-hydrogen) atoms. The largest absolute Gasteiger partial charge is 0.502 e. The monoisotopic (exact) mass is 401 g/mol. The van der Waals surface area contributed by atoms with Crippen LogP contribution in [0.25, 0.3) is 6.08 Å². The van der Waals surface area contributed by atoms with Crippen molar-refractivity contribution in [2.45, 2.75) is 17.0 Å². The van der Waals surface area contributed by atoms with E-state index in [-0.39, 0.29) is 5.91 Å². The predicted octanol–water partition coefficient (Wildman–Crippen LogP) is 3.45. The Morgan fingerprint density at radius 2 is 2.11 bits per heavy atom. The molecule has 1 aromatic carbocycles. The van der Waals surface area contributed by atoms with E-state index in [0.717, 1.165) is 17.4 Å². The minimum atomic E-state index is -0.498. The lowest BCUT2D eigenvalue weighted by molar-refractivity contribution is -0.111.